The molecule has 0 aliphatic heterocycles. The van der Waals surface area contributed by atoms with Crippen LogP contribution >= 0.6 is 0 Å². The van der Waals surface area contributed by atoms with Gasteiger partial charge in [0.15, 0.2) is 0 Å². The maximum absolute atomic E-state index is 13.3. The molecule has 0 aliphatic carbocycles. The first-order chi connectivity index (χ1) is 17.1. The van der Waals surface area contributed by atoms with E-state index in [0.29, 0.717) is 18.7 Å². The van der Waals surface area contributed by atoms with Gasteiger partial charge < -0.3 is 19.6 Å². The Kier molecular flexibility index (Phi) is 6.35. The lowest BCUT2D eigenvalue weighted by atomic mass is 10.0. The number of ether oxygens (including phenoxy) is 1. The van der Waals surface area contributed by atoms with Gasteiger partial charge in [-0.1, -0.05) is 48.5 Å². The van der Waals surface area contributed by atoms with E-state index in [2.05, 4.69) is 27.0 Å². The van der Waals surface area contributed by atoms with E-state index in [0.717, 1.165) is 39.3 Å². The smallest absolute Gasteiger partial charge is 0.268 e. The van der Waals surface area contributed by atoms with Crippen LogP contribution in [0.2, 0.25) is 0 Å². The Hall–Kier alpha value is -4.32. The summed E-state index contributed by atoms with van der Waals surface area (Å²) in [4.78, 5) is 21.3. The van der Waals surface area contributed by atoms with Crippen LogP contribution in [0.15, 0.2) is 91.1 Å². The van der Waals surface area contributed by atoms with Gasteiger partial charge in [-0.3, -0.25) is 4.79 Å². The molecule has 2 N–H and O–H groups in total. The second-order valence-corrected chi connectivity index (χ2v) is 8.50. The third kappa shape index (κ3) is 4.82. The van der Waals surface area contributed by atoms with Crippen molar-refractivity contribution in [3.05, 3.63) is 108 Å². The standard InChI is InChI=1S/C29H28N4O2/c1-3-35-23-15-13-21(14-16-23)27-19-30-28(33(27)2)25(17-20-9-5-4-6-10-20)32-29(34)26-18-22-11-7-8-12-24(22)31-26/h4-16,18-19,25,31H,3,17H2,1-2H3,(H,32,34)/t25-/m0/s1. The topological polar surface area (TPSA) is 71.9 Å². The van der Waals surface area contributed by atoms with Crippen LogP contribution in [0.5, 0.6) is 5.75 Å². The molecule has 0 spiro atoms. The largest absolute Gasteiger partial charge is 0.494 e. The number of aromatic amines is 1. The third-order valence-corrected chi connectivity index (χ3v) is 6.16. The molecule has 2 aromatic heterocycles. The molecular weight excluding hydrogens is 436 g/mol. The van der Waals surface area contributed by atoms with Gasteiger partial charge in [0.05, 0.1) is 24.5 Å². The molecule has 1 atom stereocenters. The summed E-state index contributed by atoms with van der Waals surface area (Å²) in [5.74, 6) is 1.47. The highest BCUT2D eigenvalue weighted by Gasteiger charge is 2.23. The minimum absolute atomic E-state index is 0.159. The second-order valence-electron chi connectivity index (χ2n) is 8.50. The molecule has 1 amide bonds. The molecule has 0 radical (unpaired) electrons. The number of imidazole rings is 1. The Morgan fingerprint density at radius 1 is 1.03 bits per heavy atom. The summed E-state index contributed by atoms with van der Waals surface area (Å²) in [6.45, 7) is 2.60. The zero-order valence-corrected chi connectivity index (χ0v) is 19.9. The van der Waals surface area contributed by atoms with E-state index < -0.39 is 0 Å². The van der Waals surface area contributed by atoms with Crippen molar-refractivity contribution in [1.82, 2.24) is 19.9 Å². The van der Waals surface area contributed by atoms with Crippen molar-refractivity contribution in [1.29, 1.82) is 0 Å². The Morgan fingerprint density at radius 2 is 1.77 bits per heavy atom. The fraction of sp³-hybridized carbons (Fsp3) is 0.172. The zero-order valence-electron chi connectivity index (χ0n) is 19.9. The van der Waals surface area contributed by atoms with Crippen molar-refractivity contribution in [3.63, 3.8) is 0 Å². The van der Waals surface area contributed by atoms with Crippen LogP contribution in [0.3, 0.4) is 0 Å². The number of carbonyl (C=O) groups excluding carboxylic acids is 1. The molecule has 5 rings (SSSR count). The molecule has 0 saturated carbocycles. The van der Waals surface area contributed by atoms with Crippen molar-refractivity contribution < 1.29 is 9.53 Å². The summed E-state index contributed by atoms with van der Waals surface area (Å²) in [5, 5.41) is 4.22. The number of rotatable bonds is 8. The van der Waals surface area contributed by atoms with E-state index in [1.165, 1.54) is 0 Å². The first-order valence-corrected chi connectivity index (χ1v) is 11.8. The van der Waals surface area contributed by atoms with Gasteiger partial charge in [0.25, 0.3) is 5.91 Å². The summed E-state index contributed by atoms with van der Waals surface area (Å²) < 4.78 is 7.62. The fourth-order valence-electron chi connectivity index (χ4n) is 4.39. The number of amides is 1. The van der Waals surface area contributed by atoms with Crippen LogP contribution in [0.1, 0.15) is 34.8 Å². The first-order valence-electron chi connectivity index (χ1n) is 11.8. The number of nitrogens with one attached hydrogen (secondary N) is 2. The predicted molar refractivity (Wildman–Crippen MR) is 138 cm³/mol. The maximum Gasteiger partial charge on any atom is 0.268 e. The van der Waals surface area contributed by atoms with Gasteiger partial charge in [-0.2, -0.15) is 0 Å². The van der Waals surface area contributed by atoms with Crippen LogP contribution in [-0.2, 0) is 13.5 Å². The Labute approximate surface area is 204 Å². The molecule has 6 heteroatoms. The third-order valence-electron chi connectivity index (χ3n) is 6.16. The van der Waals surface area contributed by atoms with E-state index in [9.17, 15) is 4.79 Å². The van der Waals surface area contributed by atoms with Crippen molar-refractivity contribution in [3.8, 4) is 17.0 Å². The first kappa shape index (κ1) is 22.5. The summed E-state index contributed by atoms with van der Waals surface area (Å²) in [6.07, 6.45) is 2.48. The number of H-pyrrole nitrogens is 1. The Morgan fingerprint density at radius 3 is 2.51 bits per heavy atom. The molecule has 5 aromatic rings. The number of para-hydroxylation sites is 1. The van der Waals surface area contributed by atoms with Gasteiger partial charge in [0.2, 0.25) is 0 Å². The molecule has 0 saturated heterocycles. The number of hydrogen-bond acceptors (Lipinski definition) is 3. The number of benzene rings is 3. The molecular formula is C29H28N4O2. The van der Waals surface area contributed by atoms with Crippen LogP contribution in [0, 0.1) is 0 Å². The van der Waals surface area contributed by atoms with Crippen molar-refractivity contribution >= 4 is 16.8 Å². The lowest BCUT2D eigenvalue weighted by molar-refractivity contribution is 0.0930. The molecule has 0 fully saturated rings. The normalized spacial score (nSPS) is 11.9. The predicted octanol–water partition coefficient (Wildman–Crippen LogP) is 5.68. The maximum atomic E-state index is 13.3. The highest BCUT2D eigenvalue weighted by molar-refractivity contribution is 5.98. The van der Waals surface area contributed by atoms with Crippen molar-refractivity contribution in [2.45, 2.75) is 19.4 Å². The van der Waals surface area contributed by atoms with E-state index in [-0.39, 0.29) is 11.9 Å². The SMILES string of the molecule is CCOc1ccc(-c2cnc([C@H](Cc3ccccc3)NC(=O)c3cc4ccccc4[nH]3)n2C)cc1. The summed E-state index contributed by atoms with van der Waals surface area (Å²) >= 11 is 0. The van der Waals surface area contributed by atoms with E-state index in [4.69, 9.17) is 9.72 Å². The van der Waals surface area contributed by atoms with Crippen molar-refractivity contribution in [2.75, 3.05) is 6.61 Å². The second kappa shape index (κ2) is 9.89. The summed E-state index contributed by atoms with van der Waals surface area (Å²) in [6, 6.07) is 27.6. The van der Waals surface area contributed by atoms with Gasteiger partial charge in [-0.15, -0.1) is 0 Å². The average molecular weight is 465 g/mol. The van der Waals surface area contributed by atoms with E-state index in [1.54, 1.807) is 0 Å². The number of nitrogens with zero attached hydrogens (tertiary/aromatic N) is 2. The number of carbonyl (C=O) groups is 1. The monoisotopic (exact) mass is 464 g/mol. The Balaban J connectivity index is 1.45. The lowest BCUT2D eigenvalue weighted by Crippen LogP contribution is -2.32. The number of aromatic nitrogens is 3. The summed E-state index contributed by atoms with van der Waals surface area (Å²) in [5.41, 5.74) is 4.60. The molecule has 6 nitrogen and oxygen atoms in total. The van der Waals surface area contributed by atoms with E-state index >= 15 is 0 Å². The minimum Gasteiger partial charge on any atom is -0.494 e. The highest BCUT2D eigenvalue weighted by atomic mass is 16.5. The zero-order chi connectivity index (χ0) is 24.2. The van der Waals surface area contributed by atoms with Crippen LogP contribution in [0.4, 0.5) is 0 Å². The number of fused-ring (bicyclic) bond motifs is 1. The van der Waals surface area contributed by atoms with Gasteiger partial charge in [-0.05, 0) is 55.3 Å². The van der Waals surface area contributed by atoms with Gasteiger partial charge in [0, 0.05) is 23.5 Å². The van der Waals surface area contributed by atoms with E-state index in [1.807, 2.05) is 93.0 Å². The van der Waals surface area contributed by atoms with Gasteiger partial charge in [-0.25, -0.2) is 4.98 Å². The molecule has 2 heterocycles. The van der Waals surface area contributed by atoms with Gasteiger partial charge >= 0.3 is 0 Å². The highest BCUT2D eigenvalue weighted by Crippen LogP contribution is 2.27. The molecule has 176 valence electrons. The molecule has 3 aromatic carbocycles. The van der Waals surface area contributed by atoms with Gasteiger partial charge in [0.1, 0.15) is 17.3 Å². The Bertz CT molecular complexity index is 1400. The van der Waals surface area contributed by atoms with Crippen LogP contribution in [0.25, 0.3) is 22.2 Å². The van der Waals surface area contributed by atoms with Crippen LogP contribution < -0.4 is 10.1 Å². The molecule has 0 unspecified atom stereocenters. The average Bonchev–Trinajstić information content (AvgIpc) is 3.49. The van der Waals surface area contributed by atoms with Crippen molar-refractivity contribution in [2.24, 2.45) is 7.05 Å². The minimum atomic E-state index is -0.308. The molecule has 0 aliphatic rings. The lowest BCUT2D eigenvalue weighted by Gasteiger charge is -2.19. The summed E-state index contributed by atoms with van der Waals surface area (Å²) in [7, 11) is 1.99. The molecule has 35 heavy (non-hydrogen) atoms. The molecule has 0 bridgehead atoms. The van der Waals surface area contributed by atoms with Crippen LogP contribution in [-0.4, -0.2) is 27.0 Å². The fourth-order valence-corrected chi connectivity index (χ4v) is 4.39. The number of hydrogen-bond donors (Lipinski definition) is 2. The quantitative estimate of drug-likeness (QED) is 0.310.